The highest BCUT2D eigenvalue weighted by Crippen LogP contribution is 2.54. The van der Waals surface area contributed by atoms with E-state index in [4.69, 9.17) is 4.98 Å². The first kappa shape index (κ1) is 36.1. The van der Waals surface area contributed by atoms with Crippen molar-refractivity contribution < 1.29 is 0 Å². The van der Waals surface area contributed by atoms with Crippen LogP contribution in [-0.2, 0) is 5.41 Å². The Morgan fingerprint density at radius 3 is 1.58 bits per heavy atom. The number of para-hydroxylation sites is 3. The van der Waals surface area contributed by atoms with Gasteiger partial charge in [-0.3, -0.25) is 4.57 Å². The van der Waals surface area contributed by atoms with Gasteiger partial charge in [0.2, 0.25) is 0 Å². The Balaban J connectivity index is 1.23. The van der Waals surface area contributed by atoms with Gasteiger partial charge in [-0.2, -0.15) is 0 Å². The monoisotopic (exact) mass is 790 g/mol. The molecule has 62 heavy (non-hydrogen) atoms. The number of aromatic nitrogens is 2. The van der Waals surface area contributed by atoms with E-state index in [0.29, 0.717) is 0 Å². The Morgan fingerprint density at radius 2 is 0.887 bits per heavy atom. The zero-order valence-electron chi connectivity index (χ0n) is 34.7. The first-order chi connectivity index (χ1) is 30.5. The van der Waals surface area contributed by atoms with E-state index in [9.17, 15) is 0 Å². The normalized spacial score (nSPS) is 12.8. The summed E-state index contributed by atoms with van der Waals surface area (Å²) in [7, 11) is 0. The molecule has 1 aromatic heterocycles. The Morgan fingerprint density at radius 1 is 0.355 bits per heavy atom. The molecule has 1 aliphatic carbocycles. The van der Waals surface area contributed by atoms with Crippen LogP contribution < -0.4 is 0 Å². The first-order valence-electron chi connectivity index (χ1n) is 21.5. The molecule has 2 nitrogen and oxygen atoms in total. The van der Waals surface area contributed by atoms with Gasteiger partial charge in [0.1, 0.15) is 5.82 Å². The standard InChI is InChI=1S/C60H42N2/c1-60(2)53-29-13-12-28-47(53)49-37-51-52(38-54(49)60)58(44-25-17-23-42(35-44)40-20-8-4-9-21-40)50-36-45(59-61-55-30-14-15-31-56(55)62(59)46-26-10-5-11-27-46)32-33-48(50)57(51)43-24-16-22-41(34-43)39-18-6-3-7-19-39/h3-38H,1-2H3. The van der Waals surface area contributed by atoms with Gasteiger partial charge in [0.15, 0.2) is 0 Å². The van der Waals surface area contributed by atoms with Crippen LogP contribution in [0.5, 0.6) is 0 Å². The van der Waals surface area contributed by atoms with E-state index in [0.717, 1.165) is 28.1 Å². The highest BCUT2D eigenvalue weighted by atomic mass is 15.1. The zero-order chi connectivity index (χ0) is 41.4. The van der Waals surface area contributed by atoms with Crippen molar-refractivity contribution in [1.29, 1.82) is 0 Å². The van der Waals surface area contributed by atoms with Gasteiger partial charge in [-0.1, -0.05) is 178 Å². The summed E-state index contributed by atoms with van der Waals surface area (Å²) in [5.41, 5.74) is 19.0. The number of hydrogen-bond donors (Lipinski definition) is 0. The first-order valence-corrected chi connectivity index (χ1v) is 21.5. The van der Waals surface area contributed by atoms with Crippen LogP contribution >= 0.6 is 0 Å². The van der Waals surface area contributed by atoms with Gasteiger partial charge in [-0.25, -0.2) is 4.98 Å². The lowest BCUT2D eigenvalue weighted by molar-refractivity contribution is 0.661. The largest absolute Gasteiger partial charge is 0.292 e. The number of hydrogen-bond acceptors (Lipinski definition) is 1. The zero-order valence-corrected chi connectivity index (χ0v) is 34.7. The van der Waals surface area contributed by atoms with E-state index < -0.39 is 0 Å². The molecule has 11 aromatic rings. The number of benzene rings is 10. The molecule has 0 spiro atoms. The molecule has 292 valence electrons. The van der Waals surface area contributed by atoms with Crippen LogP contribution in [-0.4, -0.2) is 9.55 Å². The van der Waals surface area contributed by atoms with Crippen LogP contribution in [0.4, 0.5) is 0 Å². The molecule has 0 fully saturated rings. The predicted molar refractivity (Wildman–Crippen MR) is 261 cm³/mol. The van der Waals surface area contributed by atoms with Gasteiger partial charge in [0.05, 0.1) is 11.0 Å². The van der Waals surface area contributed by atoms with Crippen LogP contribution in [0.15, 0.2) is 218 Å². The number of rotatable bonds is 6. The smallest absolute Gasteiger partial charge is 0.145 e. The van der Waals surface area contributed by atoms with Gasteiger partial charge in [0, 0.05) is 16.7 Å². The van der Waals surface area contributed by atoms with Crippen LogP contribution in [0, 0.1) is 0 Å². The lowest BCUT2D eigenvalue weighted by atomic mass is 9.79. The molecular weight excluding hydrogens is 749 g/mol. The molecule has 10 aromatic carbocycles. The van der Waals surface area contributed by atoms with Gasteiger partial charge in [0.25, 0.3) is 0 Å². The Hall–Kier alpha value is -7.81. The van der Waals surface area contributed by atoms with Crippen molar-refractivity contribution in [2.24, 2.45) is 0 Å². The summed E-state index contributed by atoms with van der Waals surface area (Å²) in [5, 5.41) is 4.90. The number of imidazole rings is 1. The molecule has 0 radical (unpaired) electrons. The molecule has 0 amide bonds. The molecule has 0 saturated heterocycles. The van der Waals surface area contributed by atoms with Crippen molar-refractivity contribution in [2.45, 2.75) is 19.3 Å². The maximum Gasteiger partial charge on any atom is 0.145 e. The molecule has 0 atom stereocenters. The molecule has 1 heterocycles. The molecule has 0 aliphatic heterocycles. The van der Waals surface area contributed by atoms with Crippen LogP contribution in [0.25, 0.3) is 105 Å². The number of nitrogens with zero attached hydrogens (tertiary/aromatic N) is 2. The second kappa shape index (κ2) is 14.1. The van der Waals surface area contributed by atoms with Gasteiger partial charge in [-0.15, -0.1) is 0 Å². The molecule has 2 heteroatoms. The predicted octanol–water partition coefficient (Wildman–Crippen LogP) is 16.0. The summed E-state index contributed by atoms with van der Waals surface area (Å²) in [5.74, 6) is 0.918. The van der Waals surface area contributed by atoms with Crippen LogP contribution in [0.3, 0.4) is 0 Å². The van der Waals surface area contributed by atoms with E-state index in [-0.39, 0.29) is 5.41 Å². The maximum atomic E-state index is 5.36. The minimum atomic E-state index is -0.173. The number of fused-ring (bicyclic) bond motifs is 6. The molecular formula is C60H42N2. The summed E-state index contributed by atoms with van der Waals surface area (Å²) < 4.78 is 2.31. The third-order valence-corrected chi connectivity index (χ3v) is 13.2. The van der Waals surface area contributed by atoms with E-state index >= 15 is 0 Å². The third-order valence-electron chi connectivity index (χ3n) is 13.2. The Bertz CT molecular complexity index is 3520. The summed E-state index contributed by atoms with van der Waals surface area (Å²) in [4.78, 5) is 5.36. The molecule has 12 rings (SSSR count). The quantitative estimate of drug-likeness (QED) is 0.153. The summed E-state index contributed by atoms with van der Waals surface area (Å²) in [6.07, 6.45) is 0. The molecule has 0 N–H and O–H groups in total. The van der Waals surface area contributed by atoms with Crippen LogP contribution in [0.2, 0.25) is 0 Å². The fraction of sp³-hybridized carbons (Fsp3) is 0.0500. The van der Waals surface area contributed by atoms with Crippen molar-refractivity contribution >= 4 is 32.6 Å². The minimum Gasteiger partial charge on any atom is -0.292 e. The average Bonchev–Trinajstić information content (AvgIpc) is 3.83. The van der Waals surface area contributed by atoms with E-state index in [1.165, 1.54) is 88.3 Å². The highest BCUT2D eigenvalue weighted by molar-refractivity contribution is 6.23. The third kappa shape index (κ3) is 5.68. The van der Waals surface area contributed by atoms with E-state index in [2.05, 4.69) is 237 Å². The van der Waals surface area contributed by atoms with Crippen molar-refractivity contribution in [2.75, 3.05) is 0 Å². The maximum absolute atomic E-state index is 5.36. The molecule has 1 aliphatic rings. The van der Waals surface area contributed by atoms with Crippen molar-refractivity contribution in [1.82, 2.24) is 9.55 Å². The summed E-state index contributed by atoms with van der Waals surface area (Å²) in [6.45, 7) is 4.77. The van der Waals surface area contributed by atoms with Gasteiger partial charge >= 0.3 is 0 Å². The Labute approximate surface area is 362 Å². The Kier molecular flexibility index (Phi) is 8.23. The SMILES string of the molecule is CC1(C)c2ccccc2-c2cc3c(-c4cccc(-c5ccccc5)c4)c4ccc(-c5nc6ccccc6n5-c5ccccc5)cc4c(-c4cccc(-c5ccccc5)c4)c3cc21. The van der Waals surface area contributed by atoms with Crippen molar-refractivity contribution in [3.8, 4) is 72.7 Å². The van der Waals surface area contributed by atoms with E-state index in [1.54, 1.807) is 0 Å². The lowest BCUT2D eigenvalue weighted by Crippen LogP contribution is -2.14. The molecule has 0 bridgehead atoms. The van der Waals surface area contributed by atoms with Gasteiger partial charge < -0.3 is 0 Å². The average molecular weight is 791 g/mol. The fourth-order valence-electron chi connectivity index (χ4n) is 10.2. The highest BCUT2D eigenvalue weighted by Gasteiger charge is 2.36. The van der Waals surface area contributed by atoms with Gasteiger partial charge in [-0.05, 0) is 143 Å². The minimum absolute atomic E-state index is 0.173. The second-order valence-electron chi connectivity index (χ2n) is 17.1. The summed E-state index contributed by atoms with van der Waals surface area (Å²) >= 11 is 0. The van der Waals surface area contributed by atoms with Crippen molar-refractivity contribution in [3.63, 3.8) is 0 Å². The molecule has 0 unspecified atom stereocenters. The van der Waals surface area contributed by atoms with E-state index in [1.807, 2.05) is 0 Å². The van der Waals surface area contributed by atoms with Crippen molar-refractivity contribution in [3.05, 3.63) is 230 Å². The fourth-order valence-corrected chi connectivity index (χ4v) is 10.2. The van der Waals surface area contributed by atoms with Crippen LogP contribution in [0.1, 0.15) is 25.0 Å². The second-order valence-corrected chi connectivity index (χ2v) is 17.1. The summed E-state index contributed by atoms with van der Waals surface area (Å²) in [6, 6.07) is 79.9. The lowest BCUT2D eigenvalue weighted by Gasteiger charge is -2.24. The molecule has 0 saturated carbocycles. The topological polar surface area (TPSA) is 17.8 Å².